The van der Waals surface area contributed by atoms with E-state index in [1.807, 2.05) is 25.1 Å². The maximum atomic E-state index is 12.6. The van der Waals surface area contributed by atoms with Gasteiger partial charge >= 0.3 is 0 Å². The van der Waals surface area contributed by atoms with Gasteiger partial charge in [-0.1, -0.05) is 23.7 Å². The SMILES string of the molecule is CCN(Cc1ccc(OC)c(OC)c1)C(=O)c1cccc(Cl)c1. The van der Waals surface area contributed by atoms with Crippen molar-refractivity contribution in [3.8, 4) is 11.5 Å². The van der Waals surface area contributed by atoms with Crippen molar-refractivity contribution in [1.82, 2.24) is 4.90 Å². The number of nitrogens with zero attached hydrogens (tertiary/aromatic N) is 1. The molecule has 2 rings (SSSR count). The number of benzene rings is 2. The van der Waals surface area contributed by atoms with Gasteiger partial charge in [-0.2, -0.15) is 0 Å². The molecule has 0 saturated carbocycles. The molecule has 0 aliphatic carbocycles. The van der Waals surface area contributed by atoms with Gasteiger partial charge in [-0.15, -0.1) is 0 Å². The molecule has 0 N–H and O–H groups in total. The zero-order chi connectivity index (χ0) is 16.8. The van der Waals surface area contributed by atoms with Crippen LogP contribution in [0.1, 0.15) is 22.8 Å². The van der Waals surface area contributed by atoms with Crippen molar-refractivity contribution in [2.24, 2.45) is 0 Å². The normalized spacial score (nSPS) is 10.3. The Morgan fingerprint density at radius 1 is 1.09 bits per heavy atom. The molecule has 0 aromatic heterocycles. The quantitative estimate of drug-likeness (QED) is 0.801. The molecule has 0 fully saturated rings. The largest absolute Gasteiger partial charge is 0.493 e. The van der Waals surface area contributed by atoms with Crippen LogP contribution in [0.25, 0.3) is 0 Å². The second-order valence-electron chi connectivity index (χ2n) is 5.02. The van der Waals surface area contributed by atoms with Crippen molar-refractivity contribution < 1.29 is 14.3 Å². The highest BCUT2D eigenvalue weighted by Gasteiger charge is 2.16. The second kappa shape index (κ2) is 7.88. The van der Waals surface area contributed by atoms with E-state index in [-0.39, 0.29) is 5.91 Å². The van der Waals surface area contributed by atoms with Crippen molar-refractivity contribution in [2.45, 2.75) is 13.5 Å². The molecule has 0 atom stereocenters. The zero-order valence-electron chi connectivity index (χ0n) is 13.5. The van der Waals surface area contributed by atoms with Crippen LogP contribution in [0.4, 0.5) is 0 Å². The minimum atomic E-state index is -0.0511. The van der Waals surface area contributed by atoms with Crippen molar-refractivity contribution >= 4 is 17.5 Å². The molecular formula is C18H20ClNO3. The van der Waals surface area contributed by atoms with Gasteiger partial charge in [-0.3, -0.25) is 4.79 Å². The molecule has 2 aromatic carbocycles. The molecule has 4 nitrogen and oxygen atoms in total. The molecule has 0 aliphatic rings. The Labute approximate surface area is 141 Å². The van der Waals surface area contributed by atoms with Gasteiger partial charge in [-0.05, 0) is 42.8 Å². The Kier molecular flexibility index (Phi) is 5.88. The van der Waals surface area contributed by atoms with Crippen LogP contribution in [0.5, 0.6) is 11.5 Å². The molecule has 2 aromatic rings. The average molecular weight is 334 g/mol. The maximum absolute atomic E-state index is 12.6. The van der Waals surface area contributed by atoms with Crippen molar-refractivity contribution in [1.29, 1.82) is 0 Å². The summed E-state index contributed by atoms with van der Waals surface area (Å²) in [5, 5.41) is 0.554. The molecule has 0 heterocycles. The van der Waals surface area contributed by atoms with E-state index in [1.165, 1.54) is 0 Å². The summed E-state index contributed by atoms with van der Waals surface area (Å²) in [6.45, 7) is 3.03. The van der Waals surface area contributed by atoms with E-state index in [0.29, 0.717) is 35.2 Å². The number of halogens is 1. The highest BCUT2D eigenvalue weighted by molar-refractivity contribution is 6.30. The van der Waals surface area contributed by atoms with Gasteiger partial charge in [0, 0.05) is 23.7 Å². The average Bonchev–Trinajstić information content (AvgIpc) is 2.58. The van der Waals surface area contributed by atoms with E-state index >= 15 is 0 Å². The monoisotopic (exact) mass is 333 g/mol. The molecular weight excluding hydrogens is 314 g/mol. The predicted molar refractivity (Wildman–Crippen MR) is 91.4 cm³/mol. The highest BCUT2D eigenvalue weighted by Crippen LogP contribution is 2.28. The van der Waals surface area contributed by atoms with Crippen molar-refractivity contribution in [3.63, 3.8) is 0 Å². The van der Waals surface area contributed by atoms with E-state index in [4.69, 9.17) is 21.1 Å². The number of methoxy groups -OCH3 is 2. The van der Waals surface area contributed by atoms with E-state index in [2.05, 4.69) is 0 Å². The van der Waals surface area contributed by atoms with Crippen LogP contribution in [0.3, 0.4) is 0 Å². The summed E-state index contributed by atoms with van der Waals surface area (Å²) in [5.41, 5.74) is 1.56. The first-order valence-electron chi connectivity index (χ1n) is 7.34. The van der Waals surface area contributed by atoms with Gasteiger partial charge in [0.05, 0.1) is 14.2 Å². The fourth-order valence-corrected chi connectivity index (χ4v) is 2.52. The van der Waals surface area contributed by atoms with Gasteiger partial charge < -0.3 is 14.4 Å². The molecule has 0 unspecified atom stereocenters. The lowest BCUT2D eigenvalue weighted by atomic mass is 10.1. The highest BCUT2D eigenvalue weighted by atomic mass is 35.5. The Morgan fingerprint density at radius 2 is 1.83 bits per heavy atom. The molecule has 0 bridgehead atoms. The van der Waals surface area contributed by atoms with Gasteiger partial charge in [-0.25, -0.2) is 0 Å². The lowest BCUT2D eigenvalue weighted by molar-refractivity contribution is 0.0752. The Hall–Kier alpha value is -2.20. The summed E-state index contributed by atoms with van der Waals surface area (Å²) in [4.78, 5) is 14.4. The minimum absolute atomic E-state index is 0.0511. The van der Waals surface area contributed by atoms with E-state index in [1.54, 1.807) is 43.4 Å². The third kappa shape index (κ3) is 4.17. The molecule has 0 radical (unpaired) electrons. The number of rotatable bonds is 6. The van der Waals surface area contributed by atoms with E-state index < -0.39 is 0 Å². The first-order chi connectivity index (χ1) is 11.1. The summed E-state index contributed by atoms with van der Waals surface area (Å²) in [6, 6.07) is 12.6. The number of carbonyl (C=O) groups is 1. The summed E-state index contributed by atoms with van der Waals surface area (Å²) >= 11 is 5.97. The third-order valence-corrected chi connectivity index (χ3v) is 3.80. The number of ether oxygens (including phenoxy) is 2. The molecule has 1 amide bonds. The van der Waals surface area contributed by atoms with Crippen LogP contribution in [0.2, 0.25) is 5.02 Å². The fraction of sp³-hybridized carbons (Fsp3) is 0.278. The predicted octanol–water partition coefficient (Wildman–Crippen LogP) is 4.02. The summed E-state index contributed by atoms with van der Waals surface area (Å²) < 4.78 is 10.5. The minimum Gasteiger partial charge on any atom is -0.493 e. The van der Waals surface area contributed by atoms with Gasteiger partial charge in [0.1, 0.15) is 0 Å². The molecule has 0 saturated heterocycles. The zero-order valence-corrected chi connectivity index (χ0v) is 14.3. The number of hydrogen-bond acceptors (Lipinski definition) is 3. The summed E-state index contributed by atoms with van der Waals surface area (Å²) in [5.74, 6) is 1.27. The van der Waals surface area contributed by atoms with Gasteiger partial charge in [0.2, 0.25) is 0 Å². The lowest BCUT2D eigenvalue weighted by Crippen LogP contribution is -2.30. The van der Waals surface area contributed by atoms with Crippen molar-refractivity contribution in [2.75, 3.05) is 20.8 Å². The smallest absolute Gasteiger partial charge is 0.254 e. The molecule has 23 heavy (non-hydrogen) atoms. The number of amides is 1. The molecule has 122 valence electrons. The number of carbonyl (C=O) groups excluding carboxylic acids is 1. The summed E-state index contributed by atoms with van der Waals surface area (Å²) in [6.07, 6.45) is 0. The maximum Gasteiger partial charge on any atom is 0.254 e. The van der Waals surface area contributed by atoms with Crippen LogP contribution < -0.4 is 9.47 Å². The van der Waals surface area contributed by atoms with Crippen molar-refractivity contribution in [3.05, 3.63) is 58.6 Å². The number of hydrogen-bond donors (Lipinski definition) is 0. The molecule has 0 aliphatic heterocycles. The third-order valence-electron chi connectivity index (χ3n) is 3.56. The van der Waals surface area contributed by atoms with Crippen LogP contribution in [-0.2, 0) is 6.54 Å². The van der Waals surface area contributed by atoms with E-state index in [9.17, 15) is 4.79 Å². The second-order valence-corrected chi connectivity index (χ2v) is 5.46. The van der Waals surface area contributed by atoms with Gasteiger partial charge in [0.25, 0.3) is 5.91 Å². The first kappa shape index (κ1) is 17.2. The van der Waals surface area contributed by atoms with Crippen LogP contribution >= 0.6 is 11.6 Å². The Balaban J connectivity index is 2.20. The fourth-order valence-electron chi connectivity index (χ4n) is 2.33. The van der Waals surface area contributed by atoms with Crippen LogP contribution in [0, 0.1) is 0 Å². The standard InChI is InChI=1S/C18H20ClNO3/c1-4-20(18(21)14-6-5-7-15(19)11-14)12-13-8-9-16(22-2)17(10-13)23-3/h5-11H,4,12H2,1-3H3. The Morgan fingerprint density at radius 3 is 2.43 bits per heavy atom. The van der Waals surface area contributed by atoms with Gasteiger partial charge in [0.15, 0.2) is 11.5 Å². The van der Waals surface area contributed by atoms with Crippen LogP contribution in [0.15, 0.2) is 42.5 Å². The molecule has 5 heteroatoms. The topological polar surface area (TPSA) is 38.8 Å². The Bertz CT molecular complexity index is 688. The van der Waals surface area contributed by atoms with Crippen LogP contribution in [-0.4, -0.2) is 31.6 Å². The first-order valence-corrected chi connectivity index (χ1v) is 7.72. The lowest BCUT2D eigenvalue weighted by Gasteiger charge is -2.22. The van der Waals surface area contributed by atoms with E-state index in [0.717, 1.165) is 5.56 Å². The summed E-state index contributed by atoms with van der Waals surface area (Å²) in [7, 11) is 3.19. The molecule has 0 spiro atoms.